The smallest absolute Gasteiger partial charge is 0.410 e. The highest BCUT2D eigenvalue weighted by molar-refractivity contribution is 5.78. The van der Waals surface area contributed by atoms with Gasteiger partial charge in [-0.15, -0.1) is 0 Å². The lowest BCUT2D eigenvalue weighted by Gasteiger charge is -2.25. The van der Waals surface area contributed by atoms with Crippen molar-refractivity contribution in [2.24, 2.45) is 17.0 Å². The van der Waals surface area contributed by atoms with Crippen LogP contribution in [0.4, 0.5) is 4.79 Å². The number of ether oxygens (including phenoxy) is 1. The first-order valence-corrected chi connectivity index (χ1v) is 8.05. The third-order valence-corrected chi connectivity index (χ3v) is 4.11. The molecule has 0 aromatic carbocycles. The van der Waals surface area contributed by atoms with Gasteiger partial charge in [-0.05, 0) is 44.6 Å². The molecule has 0 aliphatic carbocycles. The molecular formula is C15H25N5O3. The highest BCUT2D eigenvalue weighted by atomic mass is 16.6. The summed E-state index contributed by atoms with van der Waals surface area (Å²) in [5, 5.41) is 3.56. The lowest BCUT2D eigenvalue weighted by atomic mass is 10.1. The van der Waals surface area contributed by atoms with Crippen molar-refractivity contribution in [3.8, 4) is 0 Å². The zero-order chi connectivity index (χ0) is 17.0. The van der Waals surface area contributed by atoms with Gasteiger partial charge in [-0.3, -0.25) is 4.79 Å². The van der Waals surface area contributed by atoms with Crippen LogP contribution < -0.4 is 0 Å². The van der Waals surface area contributed by atoms with Gasteiger partial charge in [0.2, 0.25) is 5.91 Å². The Morgan fingerprint density at radius 1 is 1.39 bits per heavy atom. The van der Waals surface area contributed by atoms with Crippen LogP contribution in [0.2, 0.25) is 0 Å². The summed E-state index contributed by atoms with van der Waals surface area (Å²) < 4.78 is 5.38. The van der Waals surface area contributed by atoms with Crippen molar-refractivity contribution in [3.05, 3.63) is 10.4 Å². The predicted octanol–water partition coefficient (Wildman–Crippen LogP) is 2.40. The Labute approximate surface area is 136 Å². The van der Waals surface area contributed by atoms with Crippen LogP contribution in [0.25, 0.3) is 10.4 Å². The largest absolute Gasteiger partial charge is 0.444 e. The zero-order valence-corrected chi connectivity index (χ0v) is 14.1. The number of carbonyl (C=O) groups is 2. The minimum atomic E-state index is -0.491. The summed E-state index contributed by atoms with van der Waals surface area (Å²) in [6.45, 7) is 8.52. The van der Waals surface area contributed by atoms with Crippen molar-refractivity contribution in [2.75, 3.05) is 32.7 Å². The molecule has 2 aliphatic rings. The molecule has 0 aromatic heterocycles. The molecule has 0 spiro atoms. The fourth-order valence-corrected chi connectivity index (χ4v) is 3.09. The van der Waals surface area contributed by atoms with Crippen LogP contribution in [-0.2, 0) is 9.53 Å². The van der Waals surface area contributed by atoms with E-state index in [1.807, 2.05) is 25.7 Å². The van der Waals surface area contributed by atoms with E-state index in [0.29, 0.717) is 39.1 Å². The van der Waals surface area contributed by atoms with Gasteiger partial charge in [-0.2, -0.15) is 0 Å². The Morgan fingerprint density at radius 3 is 2.78 bits per heavy atom. The van der Waals surface area contributed by atoms with Gasteiger partial charge in [-0.25, -0.2) is 4.79 Å². The first-order valence-electron chi connectivity index (χ1n) is 8.05. The quantitative estimate of drug-likeness (QED) is 0.451. The second kappa shape index (κ2) is 7.08. The third-order valence-electron chi connectivity index (χ3n) is 4.11. The van der Waals surface area contributed by atoms with Crippen molar-refractivity contribution < 1.29 is 14.3 Å². The number of rotatable bonds is 4. The van der Waals surface area contributed by atoms with Crippen LogP contribution in [0, 0.1) is 11.8 Å². The molecule has 8 nitrogen and oxygen atoms in total. The molecule has 2 rings (SSSR count). The van der Waals surface area contributed by atoms with Crippen LogP contribution in [0.15, 0.2) is 5.11 Å². The van der Waals surface area contributed by atoms with E-state index in [-0.39, 0.29) is 23.8 Å². The number of azide groups is 1. The van der Waals surface area contributed by atoms with E-state index in [0.717, 1.165) is 6.42 Å². The first kappa shape index (κ1) is 17.4. The predicted molar refractivity (Wildman–Crippen MR) is 84.6 cm³/mol. The monoisotopic (exact) mass is 323 g/mol. The van der Waals surface area contributed by atoms with Gasteiger partial charge >= 0.3 is 6.09 Å². The van der Waals surface area contributed by atoms with Crippen molar-refractivity contribution in [2.45, 2.75) is 39.2 Å². The number of likely N-dealkylation sites (tertiary alicyclic amines) is 2. The van der Waals surface area contributed by atoms with E-state index in [9.17, 15) is 9.59 Å². The summed E-state index contributed by atoms with van der Waals surface area (Å²) >= 11 is 0. The Morgan fingerprint density at radius 2 is 2.13 bits per heavy atom. The van der Waals surface area contributed by atoms with Crippen molar-refractivity contribution in [1.29, 1.82) is 0 Å². The number of amides is 2. The molecule has 0 N–H and O–H groups in total. The minimum absolute atomic E-state index is 0.110. The van der Waals surface area contributed by atoms with Crippen molar-refractivity contribution in [3.63, 3.8) is 0 Å². The SMILES string of the molecule is CC(C)(C)OC(=O)N1CC[C@H](CN2CC(CN=[N+]=[N-])CC2=O)C1. The molecule has 128 valence electrons. The second-order valence-corrected chi connectivity index (χ2v) is 7.36. The van der Waals surface area contributed by atoms with Crippen molar-refractivity contribution >= 4 is 12.0 Å². The molecule has 0 bridgehead atoms. The molecule has 23 heavy (non-hydrogen) atoms. The number of nitrogens with zero attached hydrogens (tertiary/aromatic N) is 5. The zero-order valence-electron chi connectivity index (χ0n) is 14.1. The molecule has 8 heteroatoms. The van der Waals surface area contributed by atoms with E-state index in [2.05, 4.69) is 10.0 Å². The molecule has 2 fully saturated rings. The van der Waals surface area contributed by atoms with E-state index >= 15 is 0 Å². The lowest BCUT2D eigenvalue weighted by Crippen LogP contribution is -2.37. The molecular weight excluding hydrogens is 298 g/mol. The number of carbonyl (C=O) groups excluding carboxylic acids is 2. The van der Waals surface area contributed by atoms with Crippen molar-refractivity contribution in [1.82, 2.24) is 9.80 Å². The van der Waals surface area contributed by atoms with Crippen LogP contribution in [0.3, 0.4) is 0 Å². The van der Waals surface area contributed by atoms with Gasteiger partial charge in [0.1, 0.15) is 5.60 Å². The highest BCUT2D eigenvalue weighted by Crippen LogP contribution is 2.24. The molecule has 2 atom stereocenters. The first-order chi connectivity index (χ1) is 10.8. The molecule has 2 amide bonds. The summed E-state index contributed by atoms with van der Waals surface area (Å²) in [6, 6.07) is 0. The Kier molecular flexibility index (Phi) is 5.36. The van der Waals surface area contributed by atoms with E-state index in [4.69, 9.17) is 10.3 Å². The number of hydrogen-bond acceptors (Lipinski definition) is 4. The molecule has 0 saturated carbocycles. The number of hydrogen-bond donors (Lipinski definition) is 0. The Bertz CT molecular complexity index is 510. The maximum absolute atomic E-state index is 12.1. The van der Waals surface area contributed by atoms with E-state index in [1.54, 1.807) is 4.90 Å². The normalized spacial score (nSPS) is 24.7. The average Bonchev–Trinajstić information content (AvgIpc) is 3.03. The lowest BCUT2D eigenvalue weighted by molar-refractivity contribution is -0.128. The van der Waals surface area contributed by atoms with Crippen LogP contribution >= 0.6 is 0 Å². The van der Waals surface area contributed by atoms with Gasteiger partial charge in [0.15, 0.2) is 0 Å². The van der Waals surface area contributed by atoms with Gasteiger partial charge in [0.05, 0.1) is 0 Å². The van der Waals surface area contributed by atoms with Gasteiger partial charge in [0, 0.05) is 44.1 Å². The van der Waals surface area contributed by atoms with Gasteiger partial charge in [-0.1, -0.05) is 5.11 Å². The topological polar surface area (TPSA) is 98.6 Å². The maximum Gasteiger partial charge on any atom is 0.410 e. The fraction of sp³-hybridized carbons (Fsp3) is 0.867. The summed E-state index contributed by atoms with van der Waals surface area (Å²) in [4.78, 5) is 30.4. The molecule has 2 saturated heterocycles. The van der Waals surface area contributed by atoms with Crippen LogP contribution in [-0.4, -0.2) is 60.1 Å². The minimum Gasteiger partial charge on any atom is -0.444 e. The summed E-state index contributed by atoms with van der Waals surface area (Å²) in [5.41, 5.74) is 7.87. The molecule has 0 aromatic rings. The summed E-state index contributed by atoms with van der Waals surface area (Å²) in [7, 11) is 0. The third kappa shape index (κ3) is 5.03. The van der Waals surface area contributed by atoms with Crippen LogP contribution in [0.1, 0.15) is 33.6 Å². The Hall–Kier alpha value is -1.95. The molecule has 0 radical (unpaired) electrons. The van der Waals surface area contributed by atoms with E-state index in [1.165, 1.54) is 0 Å². The Balaban J connectivity index is 1.80. The maximum atomic E-state index is 12.1. The molecule has 1 unspecified atom stereocenters. The van der Waals surface area contributed by atoms with Crippen LogP contribution in [0.5, 0.6) is 0 Å². The average molecular weight is 323 g/mol. The fourth-order valence-electron chi connectivity index (χ4n) is 3.09. The second-order valence-electron chi connectivity index (χ2n) is 7.36. The summed E-state index contributed by atoms with van der Waals surface area (Å²) in [5.74, 6) is 0.505. The van der Waals surface area contributed by atoms with Gasteiger partial charge in [0.25, 0.3) is 0 Å². The van der Waals surface area contributed by atoms with Gasteiger partial charge < -0.3 is 14.5 Å². The van der Waals surface area contributed by atoms with E-state index < -0.39 is 5.60 Å². The summed E-state index contributed by atoms with van der Waals surface area (Å²) in [6.07, 6.45) is 1.04. The highest BCUT2D eigenvalue weighted by Gasteiger charge is 2.34. The standard InChI is InChI=1S/C15H25N5O3/c1-15(2,3)23-14(22)19-5-4-11(8-19)9-20-10-12(6-13(20)21)7-17-18-16/h11-12H,4-10H2,1-3H3/t11-,12?/m0/s1. The molecule has 2 heterocycles. The molecule has 2 aliphatic heterocycles.